The summed E-state index contributed by atoms with van der Waals surface area (Å²) in [5.74, 6) is 2.47. The van der Waals surface area contributed by atoms with Gasteiger partial charge in [0.15, 0.2) is 0 Å². The van der Waals surface area contributed by atoms with Crippen LogP contribution in [0.15, 0.2) is 12.4 Å². The van der Waals surface area contributed by atoms with Crippen molar-refractivity contribution >= 4 is 11.8 Å². The van der Waals surface area contributed by atoms with Gasteiger partial charge in [-0.25, -0.2) is 9.13 Å². The molecule has 1 heterocycles. The first-order valence-corrected chi connectivity index (χ1v) is 6.22. The van der Waals surface area contributed by atoms with E-state index in [1.165, 1.54) is 11.6 Å². The predicted molar refractivity (Wildman–Crippen MR) is 59.6 cm³/mol. The highest BCUT2D eigenvalue weighted by molar-refractivity contribution is 7.98. The molecule has 0 N–H and O–H groups in total. The van der Waals surface area contributed by atoms with Crippen LogP contribution in [-0.2, 0) is 17.8 Å². The van der Waals surface area contributed by atoms with E-state index in [1.807, 2.05) is 11.8 Å². The average molecular weight is 215 g/mol. The molecule has 80 valence electrons. The standard InChI is InChI=1S/C10H19N2OS/c1-10-11(6-8-13-2)4-5-12(10)7-9-14-3/h4-5H,6-9H2,1-3H3/q+1. The fourth-order valence-corrected chi connectivity index (χ4v) is 1.77. The molecule has 0 amide bonds. The predicted octanol–water partition coefficient (Wildman–Crippen LogP) is 1.09. The molecule has 1 rings (SSSR count). The Hall–Kier alpha value is -0.480. The zero-order chi connectivity index (χ0) is 10.4. The number of hydrogen-bond acceptors (Lipinski definition) is 2. The molecule has 0 fully saturated rings. The molecular weight excluding hydrogens is 196 g/mol. The Labute approximate surface area is 90.1 Å². The van der Waals surface area contributed by atoms with Gasteiger partial charge in [0, 0.05) is 19.8 Å². The lowest BCUT2D eigenvalue weighted by molar-refractivity contribution is -0.703. The molecule has 0 radical (unpaired) electrons. The molecular formula is C10H19N2OS+. The third-order valence-corrected chi connectivity index (χ3v) is 2.92. The van der Waals surface area contributed by atoms with Crippen LogP contribution in [0.25, 0.3) is 0 Å². The Morgan fingerprint density at radius 2 is 2.36 bits per heavy atom. The smallest absolute Gasteiger partial charge is 0.253 e. The van der Waals surface area contributed by atoms with Crippen molar-refractivity contribution in [3.63, 3.8) is 0 Å². The maximum absolute atomic E-state index is 5.06. The Morgan fingerprint density at radius 1 is 1.57 bits per heavy atom. The first-order chi connectivity index (χ1) is 6.79. The summed E-state index contributed by atoms with van der Waals surface area (Å²) >= 11 is 1.88. The second-order valence-corrected chi connectivity index (χ2v) is 4.20. The third-order valence-electron chi connectivity index (χ3n) is 2.33. The summed E-state index contributed by atoms with van der Waals surface area (Å²) in [5, 5.41) is 0. The van der Waals surface area contributed by atoms with Crippen LogP contribution >= 0.6 is 11.8 Å². The first kappa shape index (κ1) is 11.6. The number of aromatic nitrogens is 2. The highest BCUT2D eigenvalue weighted by Gasteiger charge is 2.10. The largest absolute Gasteiger partial charge is 0.381 e. The number of aryl methyl sites for hydroxylation is 1. The Morgan fingerprint density at radius 3 is 3.00 bits per heavy atom. The maximum atomic E-state index is 5.06. The number of ether oxygens (including phenoxy) is 1. The molecule has 0 saturated heterocycles. The van der Waals surface area contributed by atoms with Crippen molar-refractivity contribution < 1.29 is 9.30 Å². The van der Waals surface area contributed by atoms with Gasteiger partial charge >= 0.3 is 0 Å². The summed E-state index contributed by atoms with van der Waals surface area (Å²) < 4.78 is 9.57. The van der Waals surface area contributed by atoms with Crippen molar-refractivity contribution in [2.75, 3.05) is 25.7 Å². The van der Waals surface area contributed by atoms with E-state index in [1.54, 1.807) is 7.11 Å². The SMILES string of the molecule is COCC[n+]1ccn(CCSC)c1C. The minimum Gasteiger partial charge on any atom is -0.381 e. The summed E-state index contributed by atoms with van der Waals surface area (Å²) in [6.45, 7) is 4.95. The van der Waals surface area contributed by atoms with Gasteiger partial charge in [-0.3, -0.25) is 0 Å². The lowest BCUT2D eigenvalue weighted by atomic mass is 10.6. The molecule has 14 heavy (non-hydrogen) atoms. The van der Waals surface area contributed by atoms with Gasteiger partial charge in [0.1, 0.15) is 18.9 Å². The van der Waals surface area contributed by atoms with Gasteiger partial charge in [-0.1, -0.05) is 0 Å². The molecule has 0 aliphatic rings. The van der Waals surface area contributed by atoms with Crippen molar-refractivity contribution in [2.24, 2.45) is 0 Å². The van der Waals surface area contributed by atoms with Crippen LogP contribution in [0.3, 0.4) is 0 Å². The van der Waals surface area contributed by atoms with E-state index < -0.39 is 0 Å². The summed E-state index contributed by atoms with van der Waals surface area (Å²) in [6, 6.07) is 0. The van der Waals surface area contributed by atoms with Crippen LogP contribution in [0.1, 0.15) is 5.82 Å². The molecule has 0 aromatic carbocycles. The summed E-state index contributed by atoms with van der Waals surface area (Å²) in [7, 11) is 1.74. The minimum absolute atomic E-state index is 0.776. The van der Waals surface area contributed by atoms with Gasteiger partial charge in [0.25, 0.3) is 5.82 Å². The maximum Gasteiger partial charge on any atom is 0.253 e. The van der Waals surface area contributed by atoms with E-state index in [0.29, 0.717) is 0 Å². The average Bonchev–Trinajstić information content (AvgIpc) is 2.54. The van der Waals surface area contributed by atoms with Crippen LogP contribution in [0.4, 0.5) is 0 Å². The van der Waals surface area contributed by atoms with Gasteiger partial charge in [-0.2, -0.15) is 11.8 Å². The molecule has 3 nitrogen and oxygen atoms in total. The minimum atomic E-state index is 0.776. The quantitative estimate of drug-likeness (QED) is 0.661. The summed E-state index contributed by atoms with van der Waals surface area (Å²) in [4.78, 5) is 0. The van der Waals surface area contributed by atoms with E-state index in [9.17, 15) is 0 Å². The number of rotatable bonds is 6. The van der Waals surface area contributed by atoms with Crippen molar-refractivity contribution in [3.05, 3.63) is 18.2 Å². The van der Waals surface area contributed by atoms with Crippen molar-refractivity contribution in [1.82, 2.24) is 4.57 Å². The van der Waals surface area contributed by atoms with Gasteiger partial charge in [0.05, 0.1) is 13.2 Å². The van der Waals surface area contributed by atoms with Crippen LogP contribution in [-0.4, -0.2) is 30.3 Å². The Kier molecular flexibility index (Phi) is 5.04. The molecule has 0 aliphatic carbocycles. The number of nitrogens with zero attached hydrogens (tertiary/aromatic N) is 2. The Balaban J connectivity index is 2.55. The van der Waals surface area contributed by atoms with Gasteiger partial charge in [-0.05, 0) is 6.26 Å². The number of hydrogen-bond donors (Lipinski definition) is 0. The number of thioether (sulfide) groups is 1. The molecule has 0 atom stereocenters. The normalized spacial score (nSPS) is 10.8. The zero-order valence-electron chi connectivity index (χ0n) is 9.19. The van der Waals surface area contributed by atoms with Gasteiger partial charge in [-0.15, -0.1) is 0 Å². The van der Waals surface area contributed by atoms with Crippen LogP contribution in [0, 0.1) is 6.92 Å². The molecule has 1 aromatic rings. The Bertz CT molecular complexity index is 248. The molecule has 0 spiro atoms. The molecule has 0 bridgehead atoms. The van der Waals surface area contributed by atoms with E-state index in [-0.39, 0.29) is 0 Å². The monoisotopic (exact) mass is 215 g/mol. The van der Waals surface area contributed by atoms with Crippen LogP contribution in [0.2, 0.25) is 0 Å². The second-order valence-electron chi connectivity index (χ2n) is 3.22. The fraction of sp³-hybridized carbons (Fsp3) is 0.700. The lowest BCUT2D eigenvalue weighted by Gasteiger charge is -1.99. The highest BCUT2D eigenvalue weighted by atomic mass is 32.2. The van der Waals surface area contributed by atoms with Crippen molar-refractivity contribution in [1.29, 1.82) is 0 Å². The van der Waals surface area contributed by atoms with Crippen molar-refractivity contribution in [3.8, 4) is 0 Å². The zero-order valence-corrected chi connectivity index (χ0v) is 10.0. The summed E-state index contributed by atoms with van der Waals surface area (Å²) in [6.07, 6.45) is 6.40. The lowest BCUT2D eigenvalue weighted by Crippen LogP contribution is -2.37. The summed E-state index contributed by atoms with van der Waals surface area (Å²) in [5.41, 5.74) is 0. The van der Waals surface area contributed by atoms with E-state index >= 15 is 0 Å². The highest BCUT2D eigenvalue weighted by Crippen LogP contribution is 1.98. The van der Waals surface area contributed by atoms with Crippen molar-refractivity contribution in [2.45, 2.75) is 20.0 Å². The molecule has 0 aliphatic heterocycles. The molecule has 0 saturated carbocycles. The van der Waals surface area contributed by atoms with E-state index in [4.69, 9.17) is 4.74 Å². The van der Waals surface area contributed by atoms with E-state index in [2.05, 4.69) is 34.7 Å². The second kappa shape index (κ2) is 6.09. The molecule has 0 unspecified atom stereocenters. The van der Waals surface area contributed by atoms with Crippen LogP contribution in [0.5, 0.6) is 0 Å². The van der Waals surface area contributed by atoms with Gasteiger partial charge < -0.3 is 4.74 Å². The molecule has 4 heteroatoms. The van der Waals surface area contributed by atoms with Crippen LogP contribution < -0.4 is 4.57 Å². The number of methoxy groups -OCH3 is 1. The van der Waals surface area contributed by atoms with Gasteiger partial charge in [0.2, 0.25) is 0 Å². The first-order valence-electron chi connectivity index (χ1n) is 4.82. The van der Waals surface area contributed by atoms with E-state index in [0.717, 1.165) is 19.7 Å². The fourth-order valence-electron chi connectivity index (χ4n) is 1.39. The molecule has 1 aromatic heterocycles. The topological polar surface area (TPSA) is 18.0 Å². The number of imidazole rings is 1. The third kappa shape index (κ3) is 3.03.